The zero-order valence-electron chi connectivity index (χ0n) is 17.8. The van der Waals surface area contributed by atoms with Gasteiger partial charge in [0.25, 0.3) is 0 Å². The highest BCUT2D eigenvalue weighted by Crippen LogP contribution is 2.34. The van der Waals surface area contributed by atoms with Crippen LogP contribution in [0.1, 0.15) is 6.92 Å². The molecule has 0 aromatic heterocycles. The third kappa shape index (κ3) is 6.58. The van der Waals surface area contributed by atoms with Crippen molar-refractivity contribution >= 4 is 22.8 Å². The van der Waals surface area contributed by atoms with E-state index in [-0.39, 0.29) is 26.4 Å². The number of para-hydroxylation sites is 1. The molecule has 0 spiro atoms. The molecule has 1 amide bonds. The Balaban J connectivity index is 1.50. The van der Waals surface area contributed by atoms with Crippen LogP contribution >= 0.6 is 0 Å². The van der Waals surface area contributed by atoms with Crippen LogP contribution < -0.4 is 14.8 Å². The Kier molecular flexibility index (Phi) is 8.22. The van der Waals surface area contributed by atoms with E-state index in [4.69, 9.17) is 18.9 Å². The number of carbonyl (C=O) groups is 2. The van der Waals surface area contributed by atoms with E-state index in [1.807, 2.05) is 54.6 Å². The van der Waals surface area contributed by atoms with E-state index in [0.29, 0.717) is 17.1 Å². The van der Waals surface area contributed by atoms with Crippen LogP contribution in [0.2, 0.25) is 0 Å². The van der Waals surface area contributed by atoms with Crippen LogP contribution in [0.3, 0.4) is 0 Å². The predicted octanol–water partition coefficient (Wildman–Crippen LogP) is 4.86. The molecule has 1 N–H and O–H groups in total. The lowest BCUT2D eigenvalue weighted by molar-refractivity contribution is -0.140. The van der Waals surface area contributed by atoms with E-state index >= 15 is 0 Å². The highest BCUT2D eigenvalue weighted by atomic mass is 16.6. The van der Waals surface area contributed by atoms with Gasteiger partial charge in [0.2, 0.25) is 0 Å². The SMILES string of the molecule is C=C(C)C(=O)OCCOCCNC(=O)Oc1cccc2c(Oc3ccccc3)cccc12. The van der Waals surface area contributed by atoms with Crippen LogP contribution in [0.25, 0.3) is 10.8 Å². The number of hydrogen-bond acceptors (Lipinski definition) is 6. The van der Waals surface area contributed by atoms with Crippen molar-refractivity contribution < 1.29 is 28.5 Å². The van der Waals surface area contributed by atoms with Crippen molar-refractivity contribution in [1.82, 2.24) is 5.32 Å². The Morgan fingerprint density at radius 2 is 1.53 bits per heavy atom. The lowest BCUT2D eigenvalue weighted by Crippen LogP contribution is -2.30. The van der Waals surface area contributed by atoms with E-state index < -0.39 is 12.1 Å². The van der Waals surface area contributed by atoms with Crippen LogP contribution in [0.4, 0.5) is 4.79 Å². The van der Waals surface area contributed by atoms with Gasteiger partial charge in [0.15, 0.2) is 0 Å². The molecule has 0 bridgehead atoms. The van der Waals surface area contributed by atoms with Gasteiger partial charge in [0, 0.05) is 22.9 Å². The minimum Gasteiger partial charge on any atom is -0.460 e. The zero-order chi connectivity index (χ0) is 22.8. The molecule has 0 saturated carbocycles. The van der Waals surface area contributed by atoms with E-state index in [2.05, 4.69) is 11.9 Å². The predicted molar refractivity (Wildman–Crippen MR) is 121 cm³/mol. The van der Waals surface area contributed by atoms with Gasteiger partial charge in [-0.15, -0.1) is 0 Å². The molecule has 166 valence electrons. The molecule has 3 rings (SSSR count). The summed E-state index contributed by atoms with van der Waals surface area (Å²) < 4.78 is 21.7. The summed E-state index contributed by atoms with van der Waals surface area (Å²) in [7, 11) is 0. The van der Waals surface area contributed by atoms with Crippen molar-refractivity contribution in [2.75, 3.05) is 26.4 Å². The summed E-state index contributed by atoms with van der Waals surface area (Å²) in [6.45, 7) is 5.93. The van der Waals surface area contributed by atoms with Crippen molar-refractivity contribution in [2.45, 2.75) is 6.92 Å². The number of rotatable bonds is 10. The standard InChI is InChI=1S/C25H25NO6/c1-18(2)24(27)30-17-16-29-15-14-26-25(28)32-23-13-7-10-20-21(23)11-6-12-22(20)31-19-8-4-3-5-9-19/h3-13H,1,14-17H2,2H3,(H,26,28). The van der Waals surface area contributed by atoms with Crippen molar-refractivity contribution in [1.29, 1.82) is 0 Å². The fourth-order valence-corrected chi connectivity index (χ4v) is 2.83. The molecular weight excluding hydrogens is 410 g/mol. The molecule has 0 saturated heterocycles. The Bertz CT molecular complexity index is 1080. The maximum absolute atomic E-state index is 12.2. The van der Waals surface area contributed by atoms with Gasteiger partial charge in [0.05, 0.1) is 13.2 Å². The zero-order valence-corrected chi connectivity index (χ0v) is 17.8. The lowest BCUT2D eigenvalue weighted by atomic mass is 10.1. The second kappa shape index (κ2) is 11.5. The fourth-order valence-electron chi connectivity index (χ4n) is 2.83. The maximum Gasteiger partial charge on any atom is 0.412 e. The molecule has 3 aromatic carbocycles. The fraction of sp³-hybridized carbons (Fsp3) is 0.200. The van der Waals surface area contributed by atoms with E-state index in [1.54, 1.807) is 19.1 Å². The summed E-state index contributed by atoms with van der Waals surface area (Å²) in [4.78, 5) is 23.4. The third-order valence-electron chi connectivity index (χ3n) is 4.34. The van der Waals surface area contributed by atoms with Crippen LogP contribution in [0, 0.1) is 0 Å². The summed E-state index contributed by atoms with van der Waals surface area (Å²) in [5.74, 6) is 1.35. The molecule has 0 aliphatic rings. The monoisotopic (exact) mass is 435 g/mol. The second-order valence-corrected chi connectivity index (χ2v) is 6.87. The lowest BCUT2D eigenvalue weighted by Gasteiger charge is -2.12. The maximum atomic E-state index is 12.2. The number of carbonyl (C=O) groups excluding carboxylic acids is 2. The van der Waals surface area contributed by atoms with Crippen molar-refractivity contribution in [3.05, 3.63) is 78.9 Å². The van der Waals surface area contributed by atoms with E-state index in [9.17, 15) is 9.59 Å². The first-order valence-electron chi connectivity index (χ1n) is 10.2. The van der Waals surface area contributed by atoms with Crippen molar-refractivity contribution in [3.63, 3.8) is 0 Å². The number of benzene rings is 3. The first kappa shape index (κ1) is 22.8. The Labute approximate surface area is 186 Å². The molecule has 0 aliphatic carbocycles. The first-order valence-corrected chi connectivity index (χ1v) is 10.2. The number of hydrogen-bond donors (Lipinski definition) is 1. The van der Waals surface area contributed by atoms with Crippen LogP contribution in [0.5, 0.6) is 17.2 Å². The number of esters is 1. The molecule has 7 nitrogen and oxygen atoms in total. The Morgan fingerprint density at radius 3 is 2.25 bits per heavy atom. The quantitative estimate of drug-likeness (QED) is 0.278. The Morgan fingerprint density at radius 1 is 0.844 bits per heavy atom. The minimum absolute atomic E-state index is 0.125. The second-order valence-electron chi connectivity index (χ2n) is 6.87. The molecule has 3 aromatic rings. The molecule has 0 fully saturated rings. The Hall–Kier alpha value is -3.84. The highest BCUT2D eigenvalue weighted by molar-refractivity contribution is 5.94. The van der Waals surface area contributed by atoms with Crippen molar-refractivity contribution in [2.24, 2.45) is 0 Å². The molecular formula is C25H25NO6. The van der Waals surface area contributed by atoms with Crippen LogP contribution in [-0.2, 0) is 14.3 Å². The van der Waals surface area contributed by atoms with E-state index in [1.165, 1.54) is 0 Å². The van der Waals surface area contributed by atoms with Gasteiger partial charge in [-0.05, 0) is 31.2 Å². The average Bonchev–Trinajstić information content (AvgIpc) is 2.79. The average molecular weight is 435 g/mol. The van der Waals surface area contributed by atoms with Gasteiger partial charge in [0.1, 0.15) is 23.9 Å². The summed E-state index contributed by atoms with van der Waals surface area (Å²) >= 11 is 0. The van der Waals surface area contributed by atoms with Crippen molar-refractivity contribution in [3.8, 4) is 17.2 Å². The third-order valence-corrected chi connectivity index (χ3v) is 4.34. The molecule has 0 unspecified atom stereocenters. The summed E-state index contributed by atoms with van der Waals surface area (Å²) in [6, 6.07) is 20.5. The molecule has 0 aliphatic heterocycles. The molecule has 0 atom stereocenters. The smallest absolute Gasteiger partial charge is 0.412 e. The molecule has 0 radical (unpaired) electrons. The van der Waals surface area contributed by atoms with Crippen LogP contribution in [0.15, 0.2) is 78.9 Å². The first-order chi connectivity index (χ1) is 15.5. The summed E-state index contributed by atoms with van der Waals surface area (Å²) in [5.41, 5.74) is 0.335. The molecule has 7 heteroatoms. The van der Waals surface area contributed by atoms with Crippen LogP contribution in [-0.4, -0.2) is 38.4 Å². The summed E-state index contributed by atoms with van der Waals surface area (Å²) in [5, 5.41) is 4.21. The number of amides is 1. The largest absolute Gasteiger partial charge is 0.460 e. The topological polar surface area (TPSA) is 83.1 Å². The van der Waals surface area contributed by atoms with Gasteiger partial charge in [-0.1, -0.05) is 49.0 Å². The molecule has 0 heterocycles. The van der Waals surface area contributed by atoms with E-state index in [0.717, 1.165) is 16.5 Å². The minimum atomic E-state index is -0.593. The van der Waals surface area contributed by atoms with Gasteiger partial charge in [-0.2, -0.15) is 0 Å². The number of ether oxygens (including phenoxy) is 4. The normalized spacial score (nSPS) is 10.4. The highest BCUT2D eigenvalue weighted by Gasteiger charge is 2.11. The summed E-state index contributed by atoms with van der Waals surface area (Å²) in [6.07, 6.45) is -0.593. The van der Waals surface area contributed by atoms with Gasteiger partial charge in [-0.25, -0.2) is 9.59 Å². The molecule has 32 heavy (non-hydrogen) atoms. The number of nitrogens with one attached hydrogen (secondary N) is 1. The number of fused-ring (bicyclic) bond motifs is 1. The van der Waals surface area contributed by atoms with Gasteiger partial charge < -0.3 is 24.3 Å². The van der Waals surface area contributed by atoms with Gasteiger partial charge in [-0.3, -0.25) is 0 Å². The van der Waals surface area contributed by atoms with Gasteiger partial charge >= 0.3 is 12.1 Å².